The van der Waals surface area contributed by atoms with Crippen LogP contribution in [0.1, 0.15) is 32.6 Å². The molecule has 0 bridgehead atoms. The van der Waals surface area contributed by atoms with Gasteiger partial charge in [0.15, 0.2) is 0 Å². The smallest absolute Gasteiger partial charge is 0.309 e. The monoisotopic (exact) mass is 401 g/mol. The Bertz CT molecular complexity index is 693. The highest BCUT2D eigenvalue weighted by Gasteiger charge is 2.29. The molecule has 158 valence electrons. The molecule has 29 heavy (non-hydrogen) atoms. The van der Waals surface area contributed by atoms with E-state index in [0.717, 1.165) is 13.1 Å². The lowest BCUT2D eigenvalue weighted by Crippen LogP contribution is -2.49. The number of piperazine rings is 1. The van der Waals surface area contributed by atoms with Gasteiger partial charge in [0.05, 0.1) is 12.5 Å². The number of carbonyl (C=O) groups excluding carboxylic acids is 3. The zero-order valence-electron chi connectivity index (χ0n) is 17.2. The van der Waals surface area contributed by atoms with Crippen LogP contribution in [0.2, 0.25) is 0 Å². The van der Waals surface area contributed by atoms with E-state index in [2.05, 4.69) is 17.0 Å². The highest BCUT2D eigenvalue weighted by Crippen LogP contribution is 2.20. The largest absolute Gasteiger partial charge is 0.466 e. The van der Waals surface area contributed by atoms with Crippen molar-refractivity contribution >= 4 is 23.5 Å². The lowest BCUT2D eigenvalue weighted by atomic mass is 9.96. The van der Waals surface area contributed by atoms with Crippen LogP contribution in [0, 0.1) is 5.92 Å². The zero-order valence-corrected chi connectivity index (χ0v) is 17.2. The molecular weight excluding hydrogens is 370 g/mol. The fourth-order valence-electron chi connectivity index (χ4n) is 4.01. The molecule has 2 aliphatic rings. The summed E-state index contributed by atoms with van der Waals surface area (Å²) in [5.74, 6) is -0.220. The average Bonchev–Trinajstić information content (AvgIpc) is 2.78. The van der Waals surface area contributed by atoms with Crippen LogP contribution >= 0.6 is 0 Å². The molecule has 0 radical (unpaired) electrons. The Balaban J connectivity index is 1.37. The quantitative estimate of drug-likeness (QED) is 0.681. The first-order valence-corrected chi connectivity index (χ1v) is 10.6. The molecule has 3 rings (SSSR count). The van der Waals surface area contributed by atoms with Gasteiger partial charge in [0, 0.05) is 57.8 Å². The van der Waals surface area contributed by atoms with Gasteiger partial charge < -0.3 is 19.4 Å². The summed E-state index contributed by atoms with van der Waals surface area (Å²) >= 11 is 0. The van der Waals surface area contributed by atoms with Gasteiger partial charge in [-0.05, 0) is 31.9 Å². The normalized spacial score (nSPS) is 17.9. The molecular formula is C22H31N3O4. The van der Waals surface area contributed by atoms with E-state index in [4.69, 9.17) is 4.74 Å². The molecule has 2 aliphatic heterocycles. The van der Waals surface area contributed by atoms with E-state index in [-0.39, 0.29) is 36.5 Å². The summed E-state index contributed by atoms with van der Waals surface area (Å²) in [6.07, 6.45) is 1.77. The highest BCUT2D eigenvalue weighted by atomic mass is 16.5. The number of amides is 2. The summed E-state index contributed by atoms with van der Waals surface area (Å²) in [5, 5.41) is 0. The molecule has 2 fully saturated rings. The van der Waals surface area contributed by atoms with Gasteiger partial charge in [-0.2, -0.15) is 0 Å². The molecule has 0 aromatic heterocycles. The van der Waals surface area contributed by atoms with E-state index in [0.29, 0.717) is 45.6 Å². The Hall–Kier alpha value is -2.57. The maximum Gasteiger partial charge on any atom is 0.309 e. The molecule has 7 heteroatoms. The maximum absolute atomic E-state index is 12.5. The number of benzene rings is 1. The summed E-state index contributed by atoms with van der Waals surface area (Å²) in [7, 11) is 0. The molecule has 1 aromatic rings. The summed E-state index contributed by atoms with van der Waals surface area (Å²) in [4.78, 5) is 42.7. The number of rotatable bonds is 6. The van der Waals surface area contributed by atoms with E-state index < -0.39 is 0 Å². The number of piperidine rings is 1. The van der Waals surface area contributed by atoms with Crippen molar-refractivity contribution in [1.29, 1.82) is 0 Å². The first kappa shape index (κ1) is 21.1. The second kappa shape index (κ2) is 10.3. The Morgan fingerprint density at radius 2 is 1.41 bits per heavy atom. The van der Waals surface area contributed by atoms with Crippen LogP contribution < -0.4 is 4.90 Å². The van der Waals surface area contributed by atoms with Crippen molar-refractivity contribution in [2.24, 2.45) is 5.92 Å². The van der Waals surface area contributed by atoms with Crippen LogP contribution in [0.4, 0.5) is 5.69 Å². The summed E-state index contributed by atoms with van der Waals surface area (Å²) in [5.41, 5.74) is 1.18. The SMILES string of the molecule is CCOC(=O)C1CCN(C(=O)CCC(=O)N2CCN(c3ccccc3)CC2)CC1. The third-order valence-electron chi connectivity index (χ3n) is 5.77. The molecule has 0 saturated carbocycles. The van der Waals surface area contributed by atoms with Crippen molar-refractivity contribution in [3.63, 3.8) is 0 Å². The summed E-state index contributed by atoms with van der Waals surface area (Å²) in [6, 6.07) is 10.2. The molecule has 0 spiro atoms. The average molecular weight is 402 g/mol. The lowest BCUT2D eigenvalue weighted by molar-refractivity contribution is -0.151. The van der Waals surface area contributed by atoms with Crippen LogP contribution in [0.5, 0.6) is 0 Å². The zero-order chi connectivity index (χ0) is 20.6. The van der Waals surface area contributed by atoms with Gasteiger partial charge in [0.1, 0.15) is 0 Å². The molecule has 0 atom stereocenters. The molecule has 0 N–H and O–H groups in total. The van der Waals surface area contributed by atoms with Crippen molar-refractivity contribution < 1.29 is 19.1 Å². The third-order valence-corrected chi connectivity index (χ3v) is 5.77. The third kappa shape index (κ3) is 5.71. The van der Waals surface area contributed by atoms with Gasteiger partial charge >= 0.3 is 5.97 Å². The number of carbonyl (C=O) groups is 3. The van der Waals surface area contributed by atoms with E-state index in [1.54, 1.807) is 11.8 Å². The van der Waals surface area contributed by atoms with Crippen LogP contribution in [-0.2, 0) is 19.1 Å². The predicted molar refractivity (Wildman–Crippen MR) is 110 cm³/mol. The fraction of sp³-hybridized carbons (Fsp3) is 0.591. The van der Waals surface area contributed by atoms with Crippen LogP contribution in [0.15, 0.2) is 30.3 Å². The number of likely N-dealkylation sites (tertiary alicyclic amines) is 1. The minimum atomic E-state index is -0.163. The van der Waals surface area contributed by atoms with Crippen molar-refractivity contribution in [1.82, 2.24) is 9.80 Å². The van der Waals surface area contributed by atoms with Crippen molar-refractivity contribution in [3.8, 4) is 0 Å². The Kier molecular flexibility index (Phi) is 7.49. The minimum absolute atomic E-state index is 0.00332. The van der Waals surface area contributed by atoms with E-state index in [1.165, 1.54) is 5.69 Å². The van der Waals surface area contributed by atoms with E-state index >= 15 is 0 Å². The van der Waals surface area contributed by atoms with Gasteiger partial charge in [0.25, 0.3) is 0 Å². The number of hydrogen-bond donors (Lipinski definition) is 0. The first-order valence-electron chi connectivity index (χ1n) is 10.6. The molecule has 1 aromatic carbocycles. The number of hydrogen-bond acceptors (Lipinski definition) is 5. The maximum atomic E-state index is 12.5. The highest BCUT2D eigenvalue weighted by molar-refractivity contribution is 5.84. The van der Waals surface area contributed by atoms with Crippen molar-refractivity contribution in [2.75, 3.05) is 50.8 Å². The number of nitrogens with zero attached hydrogens (tertiary/aromatic N) is 3. The fourth-order valence-corrected chi connectivity index (χ4v) is 4.01. The number of anilines is 1. The van der Waals surface area contributed by atoms with Crippen LogP contribution in [-0.4, -0.2) is 73.5 Å². The van der Waals surface area contributed by atoms with Gasteiger partial charge in [-0.25, -0.2) is 0 Å². The van der Waals surface area contributed by atoms with E-state index in [1.807, 2.05) is 23.1 Å². The lowest BCUT2D eigenvalue weighted by Gasteiger charge is -2.36. The molecule has 2 saturated heterocycles. The number of esters is 1. The molecule has 7 nitrogen and oxygen atoms in total. The number of para-hydroxylation sites is 1. The second-order valence-electron chi connectivity index (χ2n) is 7.61. The van der Waals surface area contributed by atoms with E-state index in [9.17, 15) is 14.4 Å². The topological polar surface area (TPSA) is 70.2 Å². The first-order chi connectivity index (χ1) is 14.1. The molecule has 0 unspecified atom stereocenters. The van der Waals surface area contributed by atoms with Crippen molar-refractivity contribution in [2.45, 2.75) is 32.6 Å². The van der Waals surface area contributed by atoms with Crippen molar-refractivity contribution in [3.05, 3.63) is 30.3 Å². The molecule has 2 heterocycles. The molecule has 0 aliphatic carbocycles. The predicted octanol–water partition coefficient (Wildman–Crippen LogP) is 1.92. The summed E-state index contributed by atoms with van der Waals surface area (Å²) in [6.45, 7) is 6.31. The van der Waals surface area contributed by atoms with Gasteiger partial charge in [0.2, 0.25) is 11.8 Å². The number of ether oxygens (including phenoxy) is 1. The molecule has 2 amide bonds. The minimum Gasteiger partial charge on any atom is -0.466 e. The second-order valence-corrected chi connectivity index (χ2v) is 7.61. The van der Waals surface area contributed by atoms with Gasteiger partial charge in [-0.1, -0.05) is 18.2 Å². The van der Waals surface area contributed by atoms with Crippen LogP contribution in [0.3, 0.4) is 0 Å². The standard InChI is InChI=1S/C22H31N3O4/c1-2-29-22(28)18-10-12-24(13-11-18)20(26)8-9-21(27)25-16-14-23(15-17-25)19-6-4-3-5-7-19/h3-7,18H,2,8-17H2,1H3. The summed E-state index contributed by atoms with van der Waals surface area (Å²) < 4.78 is 5.06. The van der Waals surface area contributed by atoms with Gasteiger partial charge in [-0.3, -0.25) is 14.4 Å². The Labute approximate surface area is 172 Å². The Morgan fingerprint density at radius 3 is 1.97 bits per heavy atom. The Morgan fingerprint density at radius 1 is 0.862 bits per heavy atom. The van der Waals surface area contributed by atoms with Crippen LogP contribution in [0.25, 0.3) is 0 Å². The van der Waals surface area contributed by atoms with Gasteiger partial charge in [-0.15, -0.1) is 0 Å².